The van der Waals surface area contributed by atoms with Gasteiger partial charge in [-0.15, -0.1) is 10.2 Å². The lowest BCUT2D eigenvalue weighted by Crippen LogP contribution is -1.99. The van der Waals surface area contributed by atoms with Crippen LogP contribution >= 0.6 is 0 Å². The van der Waals surface area contributed by atoms with Crippen LogP contribution in [-0.2, 0) is 13.0 Å². The quantitative estimate of drug-likeness (QED) is 0.850. The van der Waals surface area contributed by atoms with Crippen LogP contribution in [0, 0.1) is 0 Å². The molecule has 1 N–H and O–H groups in total. The van der Waals surface area contributed by atoms with Crippen LogP contribution in [0.2, 0.25) is 0 Å². The first-order valence-electron chi connectivity index (χ1n) is 6.09. The van der Waals surface area contributed by atoms with Gasteiger partial charge in [0.25, 0.3) is 0 Å². The van der Waals surface area contributed by atoms with Crippen molar-refractivity contribution in [1.29, 1.82) is 0 Å². The van der Waals surface area contributed by atoms with E-state index >= 15 is 0 Å². The highest BCUT2D eigenvalue weighted by atomic mass is 16.5. The lowest BCUT2D eigenvalue weighted by Gasteiger charge is -2.05. The second kappa shape index (κ2) is 6.05. The molecular weight excluding hydrogens is 230 g/mol. The molecule has 0 radical (unpaired) electrons. The minimum absolute atomic E-state index is 0.529. The molecule has 2 rings (SSSR count). The van der Waals surface area contributed by atoms with E-state index < -0.39 is 0 Å². The summed E-state index contributed by atoms with van der Waals surface area (Å²) in [5.41, 5.74) is 0.995. The molecule has 18 heavy (non-hydrogen) atoms. The molecular formula is C13H17N3O2. The van der Waals surface area contributed by atoms with Crippen molar-refractivity contribution in [2.24, 2.45) is 0 Å². The number of nitrogens with zero attached hydrogens (tertiary/aromatic N) is 2. The van der Waals surface area contributed by atoms with Gasteiger partial charge in [0.2, 0.25) is 11.8 Å². The maximum Gasteiger partial charge on any atom is 0.235 e. The zero-order chi connectivity index (χ0) is 12.8. The van der Waals surface area contributed by atoms with E-state index in [4.69, 9.17) is 9.15 Å². The molecule has 5 nitrogen and oxygen atoms in total. The average molecular weight is 247 g/mol. The fourth-order valence-corrected chi connectivity index (χ4v) is 1.52. The van der Waals surface area contributed by atoms with Crippen molar-refractivity contribution in [3.05, 3.63) is 36.0 Å². The summed E-state index contributed by atoms with van der Waals surface area (Å²) in [6.45, 7) is 5.15. The SMILES string of the molecule is CCOc1ccc(NCc2nnc(CC)o2)cc1. The van der Waals surface area contributed by atoms with E-state index in [2.05, 4.69) is 15.5 Å². The largest absolute Gasteiger partial charge is 0.494 e. The van der Waals surface area contributed by atoms with Crippen LogP contribution in [-0.4, -0.2) is 16.8 Å². The van der Waals surface area contributed by atoms with Crippen molar-refractivity contribution in [3.8, 4) is 5.75 Å². The molecule has 1 aromatic heterocycles. The Balaban J connectivity index is 1.89. The summed E-state index contributed by atoms with van der Waals surface area (Å²) in [5, 5.41) is 11.1. The Morgan fingerprint density at radius 3 is 2.44 bits per heavy atom. The Morgan fingerprint density at radius 1 is 1.11 bits per heavy atom. The molecule has 0 unspecified atom stereocenters. The van der Waals surface area contributed by atoms with E-state index in [0.29, 0.717) is 24.9 Å². The van der Waals surface area contributed by atoms with E-state index in [1.54, 1.807) is 0 Å². The fourth-order valence-electron chi connectivity index (χ4n) is 1.52. The van der Waals surface area contributed by atoms with Gasteiger partial charge in [-0.05, 0) is 31.2 Å². The molecule has 0 spiro atoms. The number of hydrogen-bond donors (Lipinski definition) is 1. The Bertz CT molecular complexity index is 479. The second-order valence-electron chi connectivity index (χ2n) is 3.75. The summed E-state index contributed by atoms with van der Waals surface area (Å²) < 4.78 is 10.8. The van der Waals surface area contributed by atoms with E-state index in [1.165, 1.54) is 0 Å². The van der Waals surface area contributed by atoms with Crippen molar-refractivity contribution >= 4 is 5.69 Å². The lowest BCUT2D eigenvalue weighted by molar-refractivity contribution is 0.340. The van der Waals surface area contributed by atoms with Crippen LogP contribution in [0.1, 0.15) is 25.6 Å². The monoisotopic (exact) mass is 247 g/mol. The van der Waals surface area contributed by atoms with Gasteiger partial charge in [0.1, 0.15) is 5.75 Å². The topological polar surface area (TPSA) is 60.2 Å². The maximum atomic E-state index is 5.41. The van der Waals surface area contributed by atoms with Gasteiger partial charge in [0, 0.05) is 12.1 Å². The van der Waals surface area contributed by atoms with Crippen molar-refractivity contribution in [1.82, 2.24) is 10.2 Å². The maximum absolute atomic E-state index is 5.41. The highest BCUT2D eigenvalue weighted by Crippen LogP contribution is 2.16. The van der Waals surface area contributed by atoms with Gasteiger partial charge in [-0.2, -0.15) is 0 Å². The molecule has 0 fully saturated rings. The molecule has 1 aromatic carbocycles. The number of benzene rings is 1. The van der Waals surface area contributed by atoms with Crippen LogP contribution in [0.3, 0.4) is 0 Å². The first-order chi connectivity index (χ1) is 8.81. The molecule has 0 aliphatic carbocycles. The highest BCUT2D eigenvalue weighted by molar-refractivity contribution is 5.46. The van der Waals surface area contributed by atoms with Crippen LogP contribution in [0.4, 0.5) is 5.69 Å². The van der Waals surface area contributed by atoms with Crippen LogP contribution < -0.4 is 10.1 Å². The highest BCUT2D eigenvalue weighted by Gasteiger charge is 2.03. The number of aryl methyl sites for hydroxylation is 1. The molecule has 1 heterocycles. The van der Waals surface area contributed by atoms with Crippen LogP contribution in [0.5, 0.6) is 5.75 Å². The zero-order valence-corrected chi connectivity index (χ0v) is 10.6. The third kappa shape index (κ3) is 3.23. The van der Waals surface area contributed by atoms with E-state index in [9.17, 15) is 0 Å². The first-order valence-corrected chi connectivity index (χ1v) is 6.09. The van der Waals surface area contributed by atoms with Gasteiger partial charge in [0.05, 0.1) is 13.2 Å². The minimum atomic E-state index is 0.529. The zero-order valence-electron chi connectivity index (χ0n) is 10.6. The number of aromatic nitrogens is 2. The van der Waals surface area contributed by atoms with Gasteiger partial charge in [-0.1, -0.05) is 6.92 Å². The first kappa shape index (κ1) is 12.4. The lowest BCUT2D eigenvalue weighted by atomic mass is 10.3. The summed E-state index contributed by atoms with van der Waals surface area (Å²) in [6.07, 6.45) is 0.760. The van der Waals surface area contributed by atoms with Gasteiger partial charge < -0.3 is 14.5 Å². The van der Waals surface area contributed by atoms with Crippen molar-refractivity contribution in [3.63, 3.8) is 0 Å². The van der Waals surface area contributed by atoms with Crippen LogP contribution in [0.25, 0.3) is 0 Å². The molecule has 0 saturated carbocycles. The molecule has 2 aromatic rings. The molecule has 0 aliphatic heterocycles. The van der Waals surface area contributed by atoms with E-state index in [0.717, 1.165) is 17.9 Å². The molecule has 0 amide bonds. The smallest absolute Gasteiger partial charge is 0.235 e. The van der Waals surface area contributed by atoms with Crippen molar-refractivity contribution in [2.75, 3.05) is 11.9 Å². The Labute approximate surface area is 106 Å². The number of anilines is 1. The van der Waals surface area contributed by atoms with E-state index in [1.807, 2.05) is 38.1 Å². The predicted molar refractivity (Wildman–Crippen MR) is 68.6 cm³/mol. The predicted octanol–water partition coefficient (Wildman–Crippen LogP) is 2.64. The molecule has 96 valence electrons. The Kier molecular flexibility index (Phi) is 4.17. The summed E-state index contributed by atoms with van der Waals surface area (Å²) >= 11 is 0. The Morgan fingerprint density at radius 2 is 1.83 bits per heavy atom. The molecule has 0 aliphatic rings. The van der Waals surface area contributed by atoms with E-state index in [-0.39, 0.29) is 0 Å². The number of rotatable bonds is 6. The number of hydrogen-bond acceptors (Lipinski definition) is 5. The standard InChI is InChI=1S/C13H17N3O2/c1-3-12-15-16-13(18-12)9-14-10-5-7-11(8-6-10)17-4-2/h5-8,14H,3-4,9H2,1-2H3. The molecule has 0 atom stereocenters. The van der Waals surface area contributed by atoms with Gasteiger partial charge in [0.15, 0.2) is 0 Å². The third-order valence-electron chi connectivity index (χ3n) is 2.42. The Hall–Kier alpha value is -2.04. The number of nitrogens with one attached hydrogen (secondary N) is 1. The average Bonchev–Trinajstić information content (AvgIpc) is 2.86. The summed E-state index contributed by atoms with van der Waals surface area (Å²) in [4.78, 5) is 0. The fraction of sp³-hybridized carbons (Fsp3) is 0.385. The van der Waals surface area contributed by atoms with Gasteiger partial charge >= 0.3 is 0 Å². The summed E-state index contributed by atoms with van der Waals surface area (Å²) in [6, 6.07) is 7.78. The normalized spacial score (nSPS) is 10.3. The van der Waals surface area contributed by atoms with Gasteiger partial charge in [-0.3, -0.25) is 0 Å². The molecule has 0 saturated heterocycles. The molecule has 0 bridgehead atoms. The van der Waals surface area contributed by atoms with Crippen molar-refractivity contribution < 1.29 is 9.15 Å². The summed E-state index contributed by atoms with van der Waals surface area (Å²) in [7, 11) is 0. The summed E-state index contributed by atoms with van der Waals surface area (Å²) in [5.74, 6) is 2.13. The van der Waals surface area contributed by atoms with Gasteiger partial charge in [-0.25, -0.2) is 0 Å². The van der Waals surface area contributed by atoms with Crippen LogP contribution in [0.15, 0.2) is 28.7 Å². The molecule has 5 heteroatoms. The third-order valence-corrected chi connectivity index (χ3v) is 2.42. The number of ether oxygens (including phenoxy) is 1. The minimum Gasteiger partial charge on any atom is -0.494 e. The second-order valence-corrected chi connectivity index (χ2v) is 3.75. The van der Waals surface area contributed by atoms with Crippen molar-refractivity contribution in [2.45, 2.75) is 26.8 Å².